The van der Waals surface area contributed by atoms with E-state index in [1.54, 1.807) is 7.11 Å². The quantitative estimate of drug-likeness (QED) is 0.170. The van der Waals surface area contributed by atoms with Crippen LogP contribution in [0.1, 0.15) is 43.0 Å². The van der Waals surface area contributed by atoms with Crippen molar-refractivity contribution in [1.29, 1.82) is 0 Å². The second kappa shape index (κ2) is 16.2. The molecular weight excluding hydrogens is 561 g/mol. The van der Waals surface area contributed by atoms with Crippen LogP contribution in [0, 0.1) is 20.8 Å². The monoisotopic (exact) mass is 612 g/mol. The van der Waals surface area contributed by atoms with Crippen LogP contribution in [0.15, 0.2) is 84.9 Å². The summed E-state index contributed by atoms with van der Waals surface area (Å²) in [7, 11) is 8.14. The van der Waals surface area contributed by atoms with E-state index in [0.29, 0.717) is 0 Å². The van der Waals surface area contributed by atoms with Crippen molar-refractivity contribution in [2.24, 2.45) is 0 Å². The van der Waals surface area contributed by atoms with E-state index >= 15 is 0 Å². The van der Waals surface area contributed by atoms with Gasteiger partial charge in [-0.25, -0.2) is 12.1 Å². The molecule has 0 fully saturated rings. The third-order valence-electron chi connectivity index (χ3n) is 7.25. The first-order valence-corrected chi connectivity index (χ1v) is 17.2. The number of nitrogens with zero attached hydrogens (tertiary/aromatic N) is 2. The zero-order valence-corrected chi connectivity index (χ0v) is 30.7. The van der Waals surface area contributed by atoms with Crippen molar-refractivity contribution >= 4 is 29.8 Å². The Balaban J connectivity index is 0.000000351. The van der Waals surface area contributed by atoms with Crippen LogP contribution in [-0.2, 0) is 31.3 Å². The number of rotatable bonds is 5. The number of benzene rings is 3. The maximum absolute atomic E-state index is 5.88. The molecule has 0 aliphatic carbocycles. The molecule has 0 aliphatic heterocycles. The van der Waals surface area contributed by atoms with Crippen molar-refractivity contribution in [3.63, 3.8) is 0 Å². The summed E-state index contributed by atoms with van der Waals surface area (Å²) in [5, 5.41) is 2.87. The minimum absolute atomic E-state index is 0. The summed E-state index contributed by atoms with van der Waals surface area (Å²) in [5.74, 6) is 1.09. The number of aryl methyl sites for hydroxylation is 1. The Morgan fingerprint density at radius 3 is 1.50 bits per heavy atom. The molecule has 222 valence electrons. The van der Waals surface area contributed by atoms with E-state index in [0.717, 1.165) is 16.9 Å². The number of methoxy groups -OCH3 is 1. The van der Waals surface area contributed by atoms with Crippen molar-refractivity contribution < 1.29 is 30.6 Å². The second-order valence-corrected chi connectivity index (χ2v) is 16.9. The maximum Gasteiger partial charge on any atom is 3.00 e. The molecule has 4 rings (SSSR count). The fraction of sp³-hybridized carbons (Fsp3) is 0.324. The molecule has 0 atom stereocenters. The van der Waals surface area contributed by atoms with Gasteiger partial charge in [0.25, 0.3) is 0 Å². The third kappa shape index (κ3) is 9.91. The summed E-state index contributed by atoms with van der Waals surface area (Å²) >= 11 is 0. The average Bonchev–Trinajstić information content (AvgIpc) is 3.45. The zero-order valence-electron chi connectivity index (χ0n) is 27.9. The predicted molar refractivity (Wildman–Crippen MR) is 186 cm³/mol. The van der Waals surface area contributed by atoms with E-state index in [1.807, 2.05) is 64.6 Å². The summed E-state index contributed by atoms with van der Waals surface area (Å²) in [6.45, 7) is 21.6. The van der Waals surface area contributed by atoms with Gasteiger partial charge < -0.3 is 14.5 Å². The smallest absolute Gasteiger partial charge is 0.497 e. The summed E-state index contributed by atoms with van der Waals surface area (Å²) in [6, 6.07) is 29.5. The molecule has 42 heavy (non-hydrogen) atoms. The van der Waals surface area contributed by atoms with Crippen LogP contribution in [0.3, 0.4) is 0 Å². The summed E-state index contributed by atoms with van der Waals surface area (Å²) < 4.78 is 5.88. The molecule has 0 saturated heterocycles. The predicted octanol–water partition coefficient (Wildman–Crippen LogP) is 7.71. The SMILES string of the molecule is COc1c(C(C)(C)C)cc(C)cc1[Si](C)(C)[c-]1cccc1.[CH2-]c1ccccc1N(C)C.[CH2-]c1ccccc1N(C)C.[Sc+3]. The van der Waals surface area contributed by atoms with Gasteiger partial charge in [0.05, 0.1) is 15.2 Å². The Morgan fingerprint density at radius 2 is 1.17 bits per heavy atom. The normalized spacial score (nSPS) is 10.7. The summed E-state index contributed by atoms with van der Waals surface area (Å²) in [6.07, 6.45) is 0. The molecule has 0 N–H and O–H groups in total. The molecule has 0 unspecified atom stereocenters. The molecule has 0 aromatic heterocycles. The number of hydrogen-bond donors (Lipinski definition) is 0. The third-order valence-corrected chi connectivity index (χ3v) is 10.7. The van der Waals surface area contributed by atoms with Crippen molar-refractivity contribution in [2.45, 2.75) is 46.2 Å². The summed E-state index contributed by atoms with van der Waals surface area (Å²) in [4.78, 5) is 4.12. The Labute approximate surface area is 277 Å². The molecular formula is C37H51N2OScSi. The van der Waals surface area contributed by atoms with Crippen LogP contribution in [0.25, 0.3) is 0 Å². The Kier molecular flexibility index (Phi) is 14.4. The number of hydrogen-bond acceptors (Lipinski definition) is 3. The Morgan fingerprint density at radius 1 is 0.738 bits per heavy atom. The van der Waals surface area contributed by atoms with Gasteiger partial charge in [-0.1, -0.05) is 87.2 Å². The van der Waals surface area contributed by atoms with E-state index < -0.39 is 8.07 Å². The first-order valence-electron chi connectivity index (χ1n) is 14.2. The molecule has 0 aliphatic rings. The van der Waals surface area contributed by atoms with Gasteiger partial charge >= 0.3 is 25.8 Å². The standard InChI is InChI=1S/C19H27OSi.2C9H12N.Sc/c1-14-12-16(19(2,3)4)18(20-5)17(13-14)21(6,7)15-10-8-9-11-15;2*1-8-6-4-5-7-9(8)10(2)3;/h8-13H,1-7H3;2*4-7H,1H2,2-3H3;/q3*-1;+3. The van der Waals surface area contributed by atoms with Crippen LogP contribution >= 0.6 is 0 Å². The molecule has 4 aromatic carbocycles. The molecule has 0 saturated carbocycles. The van der Waals surface area contributed by atoms with Crippen molar-refractivity contribution in [1.82, 2.24) is 0 Å². The van der Waals surface area contributed by atoms with E-state index in [1.165, 1.54) is 32.9 Å². The fourth-order valence-electron chi connectivity index (χ4n) is 4.85. The van der Waals surface area contributed by atoms with E-state index in [4.69, 9.17) is 4.74 Å². The van der Waals surface area contributed by atoms with Crippen molar-refractivity contribution in [3.8, 4) is 5.75 Å². The van der Waals surface area contributed by atoms with Gasteiger partial charge in [-0.2, -0.15) is 54.4 Å². The van der Waals surface area contributed by atoms with Crippen molar-refractivity contribution in [2.75, 3.05) is 45.1 Å². The molecule has 0 spiro atoms. The molecule has 4 aromatic rings. The molecule has 5 heteroatoms. The van der Waals surface area contributed by atoms with Crippen LogP contribution in [0.4, 0.5) is 11.4 Å². The first kappa shape index (κ1) is 37.3. The second-order valence-electron chi connectivity index (χ2n) is 12.5. The Bertz CT molecular complexity index is 1320. The van der Waals surface area contributed by atoms with Crippen LogP contribution in [-0.4, -0.2) is 43.4 Å². The van der Waals surface area contributed by atoms with Gasteiger partial charge in [-0.05, 0) is 51.3 Å². The van der Waals surface area contributed by atoms with Gasteiger partial charge in [-0.3, -0.25) is 0 Å². The first-order chi connectivity index (χ1) is 19.1. The summed E-state index contributed by atoms with van der Waals surface area (Å²) in [5.41, 5.74) is 7.24. The maximum atomic E-state index is 5.88. The minimum Gasteiger partial charge on any atom is -0.497 e. The topological polar surface area (TPSA) is 15.7 Å². The molecule has 0 radical (unpaired) electrons. The molecule has 0 amide bonds. The number of ether oxygens (including phenoxy) is 1. The van der Waals surface area contributed by atoms with E-state index in [9.17, 15) is 0 Å². The Hall–Kier alpha value is -2.76. The van der Waals surface area contributed by atoms with Crippen LogP contribution in [0.5, 0.6) is 5.75 Å². The molecule has 3 nitrogen and oxygen atoms in total. The van der Waals surface area contributed by atoms with Crippen molar-refractivity contribution in [3.05, 3.63) is 121 Å². The largest absolute Gasteiger partial charge is 3.00 e. The van der Waals surface area contributed by atoms with Gasteiger partial charge in [0.1, 0.15) is 5.75 Å². The number of para-hydroxylation sites is 2. The van der Waals surface area contributed by atoms with Gasteiger partial charge in [0, 0.05) is 0 Å². The van der Waals surface area contributed by atoms with Crippen LogP contribution in [0.2, 0.25) is 13.1 Å². The van der Waals surface area contributed by atoms with Crippen LogP contribution < -0.4 is 24.9 Å². The van der Waals surface area contributed by atoms with E-state index in [2.05, 4.69) is 113 Å². The van der Waals surface area contributed by atoms with E-state index in [-0.39, 0.29) is 31.3 Å². The fourth-order valence-corrected chi connectivity index (χ4v) is 7.58. The van der Waals surface area contributed by atoms with Gasteiger partial charge in [-0.15, -0.1) is 12.1 Å². The minimum atomic E-state index is -1.74. The van der Waals surface area contributed by atoms with Gasteiger partial charge in [0.2, 0.25) is 0 Å². The molecule has 0 heterocycles. The zero-order chi connectivity index (χ0) is 31.0. The molecule has 0 bridgehead atoms. The van der Waals surface area contributed by atoms with Gasteiger partial charge in [0.15, 0.2) is 0 Å². The number of anilines is 2. The average molecular weight is 613 g/mol.